The van der Waals surface area contributed by atoms with Crippen LogP contribution in [0.3, 0.4) is 0 Å². The summed E-state index contributed by atoms with van der Waals surface area (Å²) in [7, 11) is 0. The van der Waals surface area contributed by atoms with Crippen LogP contribution in [0.15, 0.2) is 30.3 Å². The summed E-state index contributed by atoms with van der Waals surface area (Å²) in [6.45, 7) is 6.80. The smallest absolute Gasteiger partial charge is 0.317 e. The van der Waals surface area contributed by atoms with Gasteiger partial charge < -0.3 is 20.1 Å². The molecule has 2 N–H and O–H groups in total. The molecule has 2 fully saturated rings. The molecule has 0 radical (unpaired) electrons. The van der Waals surface area contributed by atoms with Gasteiger partial charge in [-0.05, 0) is 43.7 Å². The maximum Gasteiger partial charge on any atom is 0.317 e. The molecule has 6 nitrogen and oxygen atoms in total. The fraction of sp³-hybridized carbons (Fsp3) is 0.667. The second kappa shape index (κ2) is 10.6. The zero-order valence-electron chi connectivity index (χ0n) is 16.2. The third-order valence-electron chi connectivity index (χ3n) is 5.69. The first-order valence-corrected chi connectivity index (χ1v) is 10.3. The Morgan fingerprint density at radius 2 is 1.85 bits per heavy atom. The fourth-order valence-electron chi connectivity index (χ4n) is 3.94. The van der Waals surface area contributed by atoms with E-state index in [1.807, 2.05) is 23.1 Å². The first-order valence-electron chi connectivity index (χ1n) is 10.3. The normalized spacial score (nSPS) is 20.4. The quantitative estimate of drug-likeness (QED) is 0.713. The topological polar surface area (TPSA) is 65.0 Å². The summed E-state index contributed by atoms with van der Waals surface area (Å²) in [6.07, 6.45) is 3.08. The Bertz CT molecular complexity index is 555. The molecule has 6 heteroatoms. The van der Waals surface area contributed by atoms with Gasteiger partial charge >= 0.3 is 6.03 Å². The van der Waals surface area contributed by atoms with Crippen molar-refractivity contribution in [3.8, 4) is 0 Å². The van der Waals surface area contributed by atoms with Crippen molar-refractivity contribution in [3.63, 3.8) is 0 Å². The van der Waals surface area contributed by atoms with Gasteiger partial charge in [0.15, 0.2) is 0 Å². The largest absolute Gasteiger partial charge is 0.392 e. The molecule has 0 aliphatic carbocycles. The van der Waals surface area contributed by atoms with Crippen LogP contribution in [0.1, 0.15) is 24.8 Å². The van der Waals surface area contributed by atoms with Crippen LogP contribution in [0.2, 0.25) is 0 Å². The van der Waals surface area contributed by atoms with Crippen molar-refractivity contribution in [1.29, 1.82) is 0 Å². The van der Waals surface area contributed by atoms with E-state index in [9.17, 15) is 9.90 Å². The molecule has 2 amide bonds. The van der Waals surface area contributed by atoms with E-state index in [1.165, 1.54) is 5.56 Å². The molecule has 1 unspecified atom stereocenters. The summed E-state index contributed by atoms with van der Waals surface area (Å²) in [4.78, 5) is 16.6. The first-order chi connectivity index (χ1) is 13.2. The number of rotatable bonds is 7. The van der Waals surface area contributed by atoms with Crippen molar-refractivity contribution in [1.82, 2.24) is 15.1 Å². The minimum Gasteiger partial charge on any atom is -0.392 e. The molecule has 1 aromatic rings. The molecule has 27 heavy (non-hydrogen) atoms. The summed E-state index contributed by atoms with van der Waals surface area (Å²) in [5.74, 6) is 0.274. The van der Waals surface area contributed by atoms with Crippen molar-refractivity contribution < 1.29 is 14.6 Å². The summed E-state index contributed by atoms with van der Waals surface area (Å²) in [5, 5.41) is 13.6. The molecule has 0 spiro atoms. The predicted molar refractivity (Wildman–Crippen MR) is 106 cm³/mol. The number of morpholine rings is 1. The van der Waals surface area contributed by atoms with Gasteiger partial charge in [-0.3, -0.25) is 4.90 Å². The maximum atomic E-state index is 12.3. The van der Waals surface area contributed by atoms with Crippen LogP contribution < -0.4 is 5.32 Å². The molecule has 2 heterocycles. The minimum absolute atomic E-state index is 0.0352. The van der Waals surface area contributed by atoms with E-state index in [1.54, 1.807) is 0 Å². The lowest BCUT2D eigenvalue weighted by Gasteiger charge is -2.34. The lowest BCUT2D eigenvalue weighted by atomic mass is 9.88. The molecule has 0 bridgehead atoms. The van der Waals surface area contributed by atoms with Crippen LogP contribution in [0.25, 0.3) is 0 Å². The van der Waals surface area contributed by atoms with E-state index < -0.39 is 0 Å². The van der Waals surface area contributed by atoms with E-state index >= 15 is 0 Å². The monoisotopic (exact) mass is 375 g/mol. The van der Waals surface area contributed by atoms with E-state index in [2.05, 4.69) is 22.3 Å². The van der Waals surface area contributed by atoms with Gasteiger partial charge in [0.2, 0.25) is 0 Å². The van der Waals surface area contributed by atoms with Crippen molar-refractivity contribution in [2.75, 3.05) is 52.5 Å². The molecule has 2 aliphatic heterocycles. The molecule has 2 saturated heterocycles. The molecule has 1 atom stereocenters. The Labute approximate surface area is 162 Å². The molecule has 0 aromatic heterocycles. The number of ether oxygens (including phenoxy) is 1. The van der Waals surface area contributed by atoms with Gasteiger partial charge in [-0.15, -0.1) is 0 Å². The highest BCUT2D eigenvalue weighted by Gasteiger charge is 2.27. The lowest BCUT2D eigenvalue weighted by Crippen LogP contribution is -2.46. The Morgan fingerprint density at radius 1 is 1.15 bits per heavy atom. The van der Waals surface area contributed by atoms with Crippen LogP contribution >= 0.6 is 0 Å². The number of aliphatic hydroxyl groups is 1. The van der Waals surface area contributed by atoms with Gasteiger partial charge in [0.25, 0.3) is 0 Å². The molecule has 1 aromatic carbocycles. The summed E-state index contributed by atoms with van der Waals surface area (Å²) >= 11 is 0. The van der Waals surface area contributed by atoms with Crippen LogP contribution in [0.5, 0.6) is 0 Å². The van der Waals surface area contributed by atoms with E-state index in [0.29, 0.717) is 13.0 Å². The number of nitrogens with zero attached hydrogens (tertiary/aromatic N) is 2. The highest BCUT2D eigenvalue weighted by molar-refractivity contribution is 5.74. The molecular weight excluding hydrogens is 342 g/mol. The van der Waals surface area contributed by atoms with E-state index in [-0.39, 0.29) is 18.1 Å². The third kappa shape index (κ3) is 6.48. The zero-order chi connectivity index (χ0) is 18.9. The van der Waals surface area contributed by atoms with E-state index in [4.69, 9.17) is 4.74 Å². The molecule has 150 valence electrons. The first kappa shape index (κ1) is 20.1. The number of nitrogens with one attached hydrogen (secondary N) is 1. The predicted octanol–water partition coefficient (Wildman–Crippen LogP) is 1.73. The second-order valence-corrected chi connectivity index (χ2v) is 7.62. The Balaban J connectivity index is 1.30. The molecule has 3 rings (SSSR count). The minimum atomic E-state index is -0.328. The highest BCUT2D eigenvalue weighted by Crippen LogP contribution is 2.23. The Kier molecular flexibility index (Phi) is 7.93. The molecule has 2 aliphatic rings. The van der Waals surface area contributed by atoms with Crippen LogP contribution in [0.4, 0.5) is 4.79 Å². The van der Waals surface area contributed by atoms with Crippen molar-refractivity contribution >= 4 is 6.03 Å². The van der Waals surface area contributed by atoms with Crippen molar-refractivity contribution in [3.05, 3.63) is 35.9 Å². The van der Waals surface area contributed by atoms with Crippen LogP contribution in [-0.4, -0.2) is 79.5 Å². The van der Waals surface area contributed by atoms with Crippen molar-refractivity contribution in [2.45, 2.75) is 31.8 Å². The van der Waals surface area contributed by atoms with Gasteiger partial charge in [0.05, 0.1) is 19.3 Å². The Hall–Kier alpha value is -1.63. The average molecular weight is 376 g/mol. The average Bonchev–Trinajstić information content (AvgIpc) is 2.72. The number of carbonyl (C=O) groups excluding carboxylic acids is 1. The standard InChI is InChI=1S/C21H33N3O3/c25-20(17-18-5-2-1-3-6-18)19-7-11-24(12-8-19)21(26)22-9-4-10-23-13-15-27-16-14-23/h1-3,5-6,19-20,25H,4,7-17H2,(H,22,26). The number of benzene rings is 1. The van der Waals surface area contributed by atoms with Gasteiger partial charge in [-0.2, -0.15) is 0 Å². The number of likely N-dealkylation sites (tertiary alicyclic amines) is 1. The number of urea groups is 1. The summed E-state index contributed by atoms with van der Waals surface area (Å²) in [5.41, 5.74) is 1.17. The molecule has 0 saturated carbocycles. The number of aliphatic hydroxyl groups excluding tert-OH is 1. The van der Waals surface area contributed by atoms with Gasteiger partial charge in [0.1, 0.15) is 0 Å². The number of hydrogen-bond acceptors (Lipinski definition) is 4. The number of carbonyl (C=O) groups is 1. The number of hydrogen-bond donors (Lipinski definition) is 2. The summed E-state index contributed by atoms with van der Waals surface area (Å²) in [6, 6.07) is 10.2. The van der Waals surface area contributed by atoms with Gasteiger partial charge in [0, 0.05) is 32.7 Å². The van der Waals surface area contributed by atoms with Gasteiger partial charge in [-0.25, -0.2) is 4.79 Å². The Morgan fingerprint density at radius 3 is 2.56 bits per heavy atom. The highest BCUT2D eigenvalue weighted by atomic mass is 16.5. The zero-order valence-corrected chi connectivity index (χ0v) is 16.2. The molecular formula is C21H33N3O3. The number of piperidine rings is 1. The summed E-state index contributed by atoms with van der Waals surface area (Å²) < 4.78 is 5.35. The van der Waals surface area contributed by atoms with E-state index in [0.717, 1.165) is 65.2 Å². The van der Waals surface area contributed by atoms with Crippen LogP contribution in [-0.2, 0) is 11.2 Å². The lowest BCUT2D eigenvalue weighted by molar-refractivity contribution is 0.0374. The van der Waals surface area contributed by atoms with Crippen LogP contribution in [0, 0.1) is 5.92 Å². The third-order valence-corrected chi connectivity index (χ3v) is 5.69. The second-order valence-electron chi connectivity index (χ2n) is 7.62. The fourth-order valence-corrected chi connectivity index (χ4v) is 3.94. The maximum absolute atomic E-state index is 12.3. The van der Waals surface area contributed by atoms with Crippen molar-refractivity contribution in [2.24, 2.45) is 5.92 Å². The van der Waals surface area contributed by atoms with Gasteiger partial charge in [-0.1, -0.05) is 30.3 Å². The SMILES string of the molecule is O=C(NCCCN1CCOCC1)N1CCC(C(O)Cc2ccccc2)CC1. The number of amides is 2.